The summed E-state index contributed by atoms with van der Waals surface area (Å²) in [6.07, 6.45) is 0.433. The first-order chi connectivity index (χ1) is 9.02. The Bertz CT molecular complexity index is 586. The summed E-state index contributed by atoms with van der Waals surface area (Å²) in [7, 11) is 0. The van der Waals surface area contributed by atoms with Gasteiger partial charge in [0.1, 0.15) is 11.5 Å². The zero-order chi connectivity index (χ0) is 14.0. The molecule has 7 heteroatoms. The second-order valence-corrected chi connectivity index (χ2v) is 5.29. The van der Waals surface area contributed by atoms with E-state index in [1.165, 1.54) is 0 Å². The van der Waals surface area contributed by atoms with E-state index in [0.29, 0.717) is 38.6 Å². The molecule has 0 aliphatic carbocycles. The fourth-order valence-corrected chi connectivity index (χ4v) is 2.33. The maximum Gasteiger partial charge on any atom is 0.135 e. The van der Waals surface area contributed by atoms with Crippen LogP contribution in [0.3, 0.4) is 0 Å². The van der Waals surface area contributed by atoms with E-state index in [2.05, 4.69) is 0 Å². The second-order valence-electron chi connectivity index (χ2n) is 4.07. The first kappa shape index (κ1) is 17.6. The van der Waals surface area contributed by atoms with Crippen LogP contribution in [0.1, 0.15) is 18.2 Å². The van der Waals surface area contributed by atoms with Gasteiger partial charge in [-0.3, -0.25) is 0 Å². The highest BCUT2D eigenvalue weighted by molar-refractivity contribution is 6.44. The summed E-state index contributed by atoms with van der Waals surface area (Å²) in [6.45, 7) is 0.00469. The summed E-state index contributed by atoms with van der Waals surface area (Å²) in [6, 6.07) is 6.38. The molecule has 3 nitrogen and oxygen atoms in total. The fraction of sp³-hybridized carbons (Fsp3) is 0.231. The number of halogens is 4. The van der Waals surface area contributed by atoms with Crippen LogP contribution in [0.15, 0.2) is 28.7 Å². The lowest BCUT2D eigenvalue weighted by atomic mass is 10.1. The van der Waals surface area contributed by atoms with Crippen molar-refractivity contribution >= 4 is 47.2 Å². The van der Waals surface area contributed by atoms with Gasteiger partial charge in [0, 0.05) is 12.2 Å². The number of hydrogen-bond donors (Lipinski definition) is 2. The van der Waals surface area contributed by atoms with Crippen molar-refractivity contribution in [3.8, 4) is 11.3 Å². The van der Waals surface area contributed by atoms with Crippen LogP contribution in [0.2, 0.25) is 15.1 Å². The number of furan rings is 1. The van der Waals surface area contributed by atoms with Gasteiger partial charge in [-0.2, -0.15) is 0 Å². The van der Waals surface area contributed by atoms with Gasteiger partial charge in [0.05, 0.1) is 21.1 Å². The smallest absolute Gasteiger partial charge is 0.135 e. The summed E-state index contributed by atoms with van der Waals surface area (Å²) in [4.78, 5) is 0. The van der Waals surface area contributed by atoms with Crippen LogP contribution in [0.25, 0.3) is 11.3 Å². The van der Waals surface area contributed by atoms with Gasteiger partial charge in [-0.05, 0) is 30.7 Å². The summed E-state index contributed by atoms with van der Waals surface area (Å²) < 4.78 is 5.64. The number of benzene rings is 1. The first-order valence-electron chi connectivity index (χ1n) is 5.64. The molecule has 3 N–H and O–H groups in total. The SMILES string of the molecule is Cl.NC(CCO)c1ccc(-c2cc(Cl)c(Cl)cc2Cl)o1. The van der Waals surface area contributed by atoms with E-state index in [9.17, 15) is 0 Å². The average molecular weight is 357 g/mol. The minimum absolute atomic E-state index is 0. The molecule has 0 saturated heterocycles. The van der Waals surface area contributed by atoms with Crippen molar-refractivity contribution < 1.29 is 9.52 Å². The summed E-state index contributed by atoms with van der Waals surface area (Å²) in [5.41, 5.74) is 6.51. The molecule has 2 rings (SSSR count). The lowest BCUT2D eigenvalue weighted by Crippen LogP contribution is -2.10. The topological polar surface area (TPSA) is 59.4 Å². The van der Waals surface area contributed by atoms with E-state index >= 15 is 0 Å². The molecule has 1 heterocycles. The Morgan fingerprint density at radius 2 is 1.75 bits per heavy atom. The first-order valence-corrected chi connectivity index (χ1v) is 6.77. The Balaban J connectivity index is 0.00000200. The predicted molar refractivity (Wildman–Crippen MR) is 85.1 cm³/mol. The monoisotopic (exact) mass is 355 g/mol. The van der Waals surface area contributed by atoms with Crippen molar-refractivity contribution in [2.75, 3.05) is 6.61 Å². The molecule has 110 valence electrons. The van der Waals surface area contributed by atoms with Crippen LogP contribution in [0.4, 0.5) is 0 Å². The van der Waals surface area contributed by atoms with E-state index in [1.807, 2.05) is 0 Å². The van der Waals surface area contributed by atoms with E-state index in [1.54, 1.807) is 24.3 Å². The third-order valence-corrected chi connectivity index (χ3v) is 3.74. The third kappa shape index (κ3) is 3.82. The fourth-order valence-electron chi connectivity index (χ4n) is 1.69. The van der Waals surface area contributed by atoms with Crippen molar-refractivity contribution in [2.24, 2.45) is 5.73 Å². The van der Waals surface area contributed by atoms with Crippen molar-refractivity contribution in [1.82, 2.24) is 0 Å². The van der Waals surface area contributed by atoms with Crippen LogP contribution in [-0.2, 0) is 0 Å². The van der Waals surface area contributed by atoms with Crippen LogP contribution >= 0.6 is 47.2 Å². The number of aliphatic hydroxyl groups excluding tert-OH is 1. The molecule has 0 spiro atoms. The quantitative estimate of drug-likeness (QED) is 0.780. The average Bonchev–Trinajstić information content (AvgIpc) is 2.83. The van der Waals surface area contributed by atoms with Gasteiger partial charge in [-0.25, -0.2) is 0 Å². The van der Waals surface area contributed by atoms with Gasteiger partial charge in [-0.1, -0.05) is 34.8 Å². The number of rotatable bonds is 4. The van der Waals surface area contributed by atoms with Crippen LogP contribution in [0, 0.1) is 0 Å². The number of hydrogen-bond acceptors (Lipinski definition) is 3. The molecular formula is C13H13Cl4NO2. The molecule has 20 heavy (non-hydrogen) atoms. The minimum Gasteiger partial charge on any atom is -0.459 e. The summed E-state index contributed by atoms with van der Waals surface area (Å²) >= 11 is 18.0. The van der Waals surface area contributed by atoms with Gasteiger partial charge in [0.2, 0.25) is 0 Å². The normalized spacial score (nSPS) is 12.1. The van der Waals surface area contributed by atoms with Crippen LogP contribution in [0.5, 0.6) is 0 Å². The molecule has 0 aliphatic rings. The van der Waals surface area contributed by atoms with Gasteiger partial charge in [0.15, 0.2) is 0 Å². The number of aliphatic hydroxyl groups is 1. The zero-order valence-electron chi connectivity index (χ0n) is 10.3. The Morgan fingerprint density at radius 3 is 2.40 bits per heavy atom. The van der Waals surface area contributed by atoms with Crippen LogP contribution in [-0.4, -0.2) is 11.7 Å². The molecule has 0 amide bonds. The Morgan fingerprint density at radius 1 is 1.10 bits per heavy atom. The molecule has 1 unspecified atom stereocenters. The minimum atomic E-state index is -0.347. The van der Waals surface area contributed by atoms with Gasteiger partial charge in [-0.15, -0.1) is 12.4 Å². The lowest BCUT2D eigenvalue weighted by molar-refractivity contribution is 0.269. The molecule has 1 aromatic heterocycles. The summed E-state index contributed by atoms with van der Waals surface area (Å²) in [5.74, 6) is 1.15. The Labute approximate surface area is 138 Å². The zero-order valence-corrected chi connectivity index (χ0v) is 13.4. The molecule has 0 radical (unpaired) electrons. The van der Waals surface area contributed by atoms with E-state index in [0.717, 1.165) is 0 Å². The highest BCUT2D eigenvalue weighted by Crippen LogP contribution is 2.36. The molecule has 1 aromatic carbocycles. The highest BCUT2D eigenvalue weighted by Gasteiger charge is 2.15. The van der Waals surface area contributed by atoms with Crippen molar-refractivity contribution in [3.63, 3.8) is 0 Å². The third-order valence-electron chi connectivity index (χ3n) is 2.71. The van der Waals surface area contributed by atoms with E-state index in [4.69, 9.17) is 50.1 Å². The molecule has 0 aliphatic heterocycles. The van der Waals surface area contributed by atoms with Gasteiger partial charge in [0.25, 0.3) is 0 Å². The maximum atomic E-state index is 8.86. The Kier molecular flexibility index (Phi) is 6.65. The van der Waals surface area contributed by atoms with Gasteiger partial charge < -0.3 is 15.3 Å². The second kappa shape index (κ2) is 7.55. The van der Waals surface area contributed by atoms with E-state index in [-0.39, 0.29) is 25.1 Å². The largest absolute Gasteiger partial charge is 0.459 e. The standard InChI is InChI=1S/C13H12Cl3NO2.ClH/c14-8-6-10(16)9(15)5-7(8)12-1-2-13(19-12)11(17)3-4-18;/h1-2,5-6,11,18H,3-4,17H2;1H. The predicted octanol–water partition coefficient (Wildman–Crippen LogP) is 4.71. The maximum absolute atomic E-state index is 8.86. The lowest BCUT2D eigenvalue weighted by Gasteiger charge is -2.07. The summed E-state index contributed by atoms with van der Waals surface area (Å²) in [5, 5.41) is 10.1. The molecule has 0 fully saturated rings. The van der Waals surface area contributed by atoms with E-state index < -0.39 is 0 Å². The molecule has 2 aromatic rings. The number of nitrogens with two attached hydrogens (primary N) is 1. The molecule has 0 bridgehead atoms. The molecule has 1 atom stereocenters. The molecule has 0 saturated carbocycles. The van der Waals surface area contributed by atoms with Crippen molar-refractivity contribution in [2.45, 2.75) is 12.5 Å². The molecular weight excluding hydrogens is 344 g/mol. The van der Waals surface area contributed by atoms with Crippen molar-refractivity contribution in [3.05, 3.63) is 45.1 Å². The highest BCUT2D eigenvalue weighted by atomic mass is 35.5. The van der Waals surface area contributed by atoms with Crippen molar-refractivity contribution in [1.29, 1.82) is 0 Å². The van der Waals surface area contributed by atoms with Gasteiger partial charge >= 0.3 is 0 Å². The van der Waals surface area contributed by atoms with Crippen LogP contribution < -0.4 is 5.73 Å². The Hall–Kier alpha value is -0.420.